The average Bonchev–Trinajstić information content (AvgIpc) is 2.58. The molecule has 0 radical (unpaired) electrons. The van der Waals surface area contributed by atoms with Gasteiger partial charge in [0.1, 0.15) is 0 Å². The first-order chi connectivity index (χ1) is 6.95. The van der Waals surface area contributed by atoms with Crippen molar-refractivity contribution < 1.29 is 0 Å². The molecule has 1 aromatic heterocycles. The molecule has 0 aromatic carbocycles. The maximum Gasteiger partial charge on any atom is 0.0794 e. The Morgan fingerprint density at radius 1 is 1.29 bits per heavy atom. The number of hydrogen-bond acceptors (Lipinski definition) is 3. The molecule has 0 unspecified atom stereocenters. The van der Waals surface area contributed by atoms with Crippen LogP contribution < -0.4 is 5.32 Å². The summed E-state index contributed by atoms with van der Waals surface area (Å²) in [5.41, 5.74) is 1.91. The lowest BCUT2D eigenvalue weighted by Gasteiger charge is -2.14. The van der Waals surface area contributed by atoms with Gasteiger partial charge >= 0.3 is 0 Å². The molecule has 0 saturated heterocycles. The predicted octanol–water partition coefficient (Wildman–Crippen LogP) is 2.96. The summed E-state index contributed by atoms with van der Waals surface area (Å²) >= 11 is 1.74. The van der Waals surface area contributed by atoms with Crippen LogP contribution >= 0.6 is 11.3 Å². The summed E-state index contributed by atoms with van der Waals surface area (Å²) in [5, 5.41) is 3.63. The fourth-order valence-electron chi connectivity index (χ4n) is 2.06. The van der Waals surface area contributed by atoms with E-state index in [1.807, 2.05) is 11.7 Å². The van der Waals surface area contributed by atoms with Gasteiger partial charge in [-0.15, -0.1) is 11.3 Å². The minimum atomic E-state index is 0.750. The smallest absolute Gasteiger partial charge is 0.0794 e. The highest BCUT2D eigenvalue weighted by atomic mass is 32.1. The molecule has 2 nitrogen and oxygen atoms in total. The molecule has 0 bridgehead atoms. The Hall–Kier alpha value is -0.410. The molecular formula is C11H18N2S. The minimum Gasteiger partial charge on any atom is -0.309 e. The maximum absolute atomic E-state index is 4.08. The number of nitrogens with one attached hydrogen (secondary N) is 1. The van der Waals surface area contributed by atoms with Crippen LogP contribution in [0.5, 0.6) is 0 Å². The second-order valence-corrected chi connectivity index (χ2v) is 5.01. The Kier molecular flexibility index (Phi) is 3.95. The van der Waals surface area contributed by atoms with E-state index in [4.69, 9.17) is 0 Å². The summed E-state index contributed by atoms with van der Waals surface area (Å²) in [4.78, 5) is 5.44. The molecule has 1 heterocycles. The van der Waals surface area contributed by atoms with Crippen LogP contribution in [0.1, 0.15) is 43.4 Å². The van der Waals surface area contributed by atoms with Gasteiger partial charge in [0.25, 0.3) is 0 Å². The van der Waals surface area contributed by atoms with Crippen molar-refractivity contribution in [3.8, 4) is 0 Å². The van der Waals surface area contributed by atoms with Crippen molar-refractivity contribution in [2.24, 2.45) is 0 Å². The van der Waals surface area contributed by atoms with E-state index < -0.39 is 0 Å². The van der Waals surface area contributed by atoms with E-state index in [2.05, 4.69) is 10.3 Å². The lowest BCUT2D eigenvalue weighted by molar-refractivity contribution is 0.461. The molecule has 0 amide bonds. The fourth-order valence-corrected chi connectivity index (χ4v) is 2.60. The highest BCUT2D eigenvalue weighted by Gasteiger charge is 2.11. The Labute approximate surface area is 89.8 Å². The lowest BCUT2D eigenvalue weighted by Crippen LogP contribution is -2.27. The molecule has 3 heteroatoms. The highest BCUT2D eigenvalue weighted by molar-refractivity contribution is 7.09. The van der Waals surface area contributed by atoms with Gasteiger partial charge in [0, 0.05) is 23.7 Å². The molecule has 0 atom stereocenters. The Balaban J connectivity index is 1.73. The van der Waals surface area contributed by atoms with Gasteiger partial charge in [0.2, 0.25) is 0 Å². The van der Waals surface area contributed by atoms with E-state index in [1.54, 1.807) is 11.3 Å². The van der Waals surface area contributed by atoms with Crippen LogP contribution in [0, 0.1) is 0 Å². The van der Waals surface area contributed by atoms with Gasteiger partial charge in [-0.25, -0.2) is 0 Å². The standard InChI is InChI=1S/C11H18N2S/c1-2-4-6-10(5-3-1)13-8-11-7-12-9-14-11/h7,9-10,13H,1-6,8H2. The van der Waals surface area contributed by atoms with Crippen LogP contribution in [0.15, 0.2) is 11.7 Å². The molecule has 0 spiro atoms. The summed E-state index contributed by atoms with van der Waals surface area (Å²) in [7, 11) is 0. The Morgan fingerprint density at radius 2 is 2.07 bits per heavy atom. The number of thiazole rings is 1. The van der Waals surface area contributed by atoms with Crippen molar-refractivity contribution in [2.75, 3.05) is 0 Å². The van der Waals surface area contributed by atoms with Crippen molar-refractivity contribution in [1.82, 2.24) is 10.3 Å². The first-order valence-electron chi connectivity index (χ1n) is 5.56. The Bertz CT molecular complexity index is 238. The largest absolute Gasteiger partial charge is 0.309 e. The average molecular weight is 210 g/mol. The van der Waals surface area contributed by atoms with Crippen molar-refractivity contribution in [1.29, 1.82) is 0 Å². The van der Waals surface area contributed by atoms with Crippen molar-refractivity contribution >= 4 is 11.3 Å². The molecular weight excluding hydrogens is 192 g/mol. The van der Waals surface area contributed by atoms with E-state index in [1.165, 1.54) is 43.4 Å². The zero-order valence-electron chi connectivity index (χ0n) is 8.54. The fraction of sp³-hybridized carbons (Fsp3) is 0.727. The van der Waals surface area contributed by atoms with Gasteiger partial charge < -0.3 is 5.32 Å². The molecule has 14 heavy (non-hydrogen) atoms. The third-order valence-corrected chi connectivity index (χ3v) is 3.68. The molecule has 1 aliphatic rings. The summed E-state index contributed by atoms with van der Waals surface area (Å²) in [6, 6.07) is 0.750. The van der Waals surface area contributed by atoms with Crippen LogP contribution in [-0.2, 0) is 6.54 Å². The van der Waals surface area contributed by atoms with Gasteiger partial charge in [0.05, 0.1) is 5.51 Å². The zero-order valence-corrected chi connectivity index (χ0v) is 9.35. The summed E-state index contributed by atoms with van der Waals surface area (Å²) < 4.78 is 0. The van der Waals surface area contributed by atoms with E-state index in [-0.39, 0.29) is 0 Å². The second kappa shape index (κ2) is 5.47. The molecule has 1 N–H and O–H groups in total. The quantitative estimate of drug-likeness (QED) is 0.776. The minimum absolute atomic E-state index is 0.750. The number of aromatic nitrogens is 1. The lowest BCUT2D eigenvalue weighted by atomic mass is 10.1. The highest BCUT2D eigenvalue weighted by Crippen LogP contribution is 2.17. The van der Waals surface area contributed by atoms with E-state index in [9.17, 15) is 0 Å². The van der Waals surface area contributed by atoms with Gasteiger partial charge in [-0.1, -0.05) is 25.7 Å². The van der Waals surface area contributed by atoms with E-state index >= 15 is 0 Å². The molecule has 2 rings (SSSR count). The second-order valence-electron chi connectivity index (χ2n) is 4.04. The molecule has 78 valence electrons. The van der Waals surface area contributed by atoms with Crippen molar-refractivity contribution in [2.45, 2.75) is 51.1 Å². The van der Waals surface area contributed by atoms with Gasteiger partial charge in [-0.05, 0) is 12.8 Å². The monoisotopic (exact) mass is 210 g/mol. The molecule has 1 fully saturated rings. The number of rotatable bonds is 3. The Morgan fingerprint density at radius 3 is 2.71 bits per heavy atom. The molecule has 0 aliphatic heterocycles. The van der Waals surface area contributed by atoms with Gasteiger partial charge in [-0.2, -0.15) is 0 Å². The van der Waals surface area contributed by atoms with Crippen LogP contribution in [0.2, 0.25) is 0 Å². The number of nitrogens with zero attached hydrogens (tertiary/aromatic N) is 1. The van der Waals surface area contributed by atoms with Crippen LogP contribution in [0.25, 0.3) is 0 Å². The summed E-state index contributed by atoms with van der Waals surface area (Å²) in [5.74, 6) is 0. The normalized spacial score (nSPS) is 19.4. The third kappa shape index (κ3) is 3.07. The van der Waals surface area contributed by atoms with Crippen molar-refractivity contribution in [3.63, 3.8) is 0 Å². The molecule has 1 aliphatic carbocycles. The first-order valence-corrected chi connectivity index (χ1v) is 6.44. The predicted molar refractivity (Wildman–Crippen MR) is 60.4 cm³/mol. The van der Waals surface area contributed by atoms with Gasteiger partial charge in [-0.3, -0.25) is 4.98 Å². The first kappa shape index (κ1) is 10.1. The molecule has 1 aromatic rings. The van der Waals surface area contributed by atoms with Gasteiger partial charge in [0.15, 0.2) is 0 Å². The maximum atomic E-state index is 4.08. The van der Waals surface area contributed by atoms with E-state index in [0.717, 1.165) is 12.6 Å². The van der Waals surface area contributed by atoms with E-state index in [0.29, 0.717) is 0 Å². The van der Waals surface area contributed by atoms with Crippen LogP contribution in [0.4, 0.5) is 0 Å². The SMILES string of the molecule is c1ncc(CNC2CCCCCC2)s1. The zero-order chi connectivity index (χ0) is 9.64. The summed E-state index contributed by atoms with van der Waals surface area (Å²) in [6.07, 6.45) is 10.4. The number of hydrogen-bond donors (Lipinski definition) is 1. The van der Waals surface area contributed by atoms with Crippen molar-refractivity contribution in [3.05, 3.63) is 16.6 Å². The van der Waals surface area contributed by atoms with Crippen LogP contribution in [0.3, 0.4) is 0 Å². The summed E-state index contributed by atoms with van der Waals surface area (Å²) in [6.45, 7) is 1.01. The topological polar surface area (TPSA) is 24.9 Å². The third-order valence-electron chi connectivity index (χ3n) is 2.90. The van der Waals surface area contributed by atoms with Crippen LogP contribution in [-0.4, -0.2) is 11.0 Å². The molecule has 1 saturated carbocycles.